The summed E-state index contributed by atoms with van der Waals surface area (Å²) in [6.07, 6.45) is 0. The monoisotopic (exact) mass is 442 g/mol. The minimum absolute atomic E-state index is 0.0882. The number of nitrogens with zero attached hydrogens (tertiary/aromatic N) is 3. The highest BCUT2D eigenvalue weighted by Gasteiger charge is 2.23. The van der Waals surface area contributed by atoms with Crippen LogP contribution in [0.3, 0.4) is 0 Å². The molecule has 146 valence electrons. The van der Waals surface area contributed by atoms with Crippen molar-refractivity contribution in [3.05, 3.63) is 50.2 Å². The van der Waals surface area contributed by atoms with Crippen LogP contribution < -0.4 is 20.5 Å². The van der Waals surface area contributed by atoms with Crippen molar-refractivity contribution in [3.63, 3.8) is 0 Å². The van der Waals surface area contributed by atoms with E-state index < -0.39 is 11.6 Å². The van der Waals surface area contributed by atoms with Crippen molar-refractivity contribution >= 4 is 21.9 Å². The second-order valence-electron chi connectivity index (χ2n) is 6.56. The van der Waals surface area contributed by atoms with Gasteiger partial charge in [0.15, 0.2) is 0 Å². The van der Waals surface area contributed by atoms with E-state index >= 15 is 0 Å². The first-order valence-corrected chi connectivity index (χ1v) is 9.52. The summed E-state index contributed by atoms with van der Waals surface area (Å²) < 4.78 is 34.3. The van der Waals surface area contributed by atoms with Gasteiger partial charge in [-0.25, -0.2) is 8.78 Å². The number of aromatic nitrogens is 2. The number of nitrogens with one attached hydrogen (secondary N) is 1. The van der Waals surface area contributed by atoms with Crippen LogP contribution >= 0.6 is 15.9 Å². The van der Waals surface area contributed by atoms with Gasteiger partial charge in [-0.1, -0.05) is 0 Å². The number of anilines is 1. The quantitative estimate of drug-likeness (QED) is 0.771. The zero-order chi connectivity index (χ0) is 19.6. The molecule has 0 radical (unpaired) electrons. The molecule has 0 unspecified atom stereocenters. The fraction of sp³-hybridized carbons (Fsp3) is 0.444. The summed E-state index contributed by atoms with van der Waals surface area (Å²) in [6, 6.07) is 3.18. The lowest BCUT2D eigenvalue weighted by Crippen LogP contribution is -2.46. The van der Waals surface area contributed by atoms with E-state index in [-0.39, 0.29) is 34.1 Å². The van der Waals surface area contributed by atoms with E-state index in [1.54, 1.807) is 4.57 Å². The Balaban J connectivity index is 1.95. The lowest BCUT2D eigenvalue weighted by atomic mass is 10.2. The molecule has 1 aliphatic heterocycles. The predicted octanol–water partition coefficient (Wildman–Crippen LogP) is 2.85. The molecule has 6 nitrogen and oxygen atoms in total. The first-order chi connectivity index (χ1) is 12.9. The van der Waals surface area contributed by atoms with Gasteiger partial charge in [0.05, 0.1) is 0 Å². The zero-order valence-corrected chi connectivity index (χ0v) is 16.7. The molecule has 27 heavy (non-hydrogen) atoms. The minimum atomic E-state index is -0.705. The summed E-state index contributed by atoms with van der Waals surface area (Å²) >= 11 is 3.26. The number of benzene rings is 1. The number of halogens is 3. The largest absolute Gasteiger partial charge is 0.472 e. The molecule has 0 saturated carbocycles. The van der Waals surface area contributed by atoms with E-state index in [1.807, 2.05) is 18.7 Å². The van der Waals surface area contributed by atoms with Gasteiger partial charge in [0.2, 0.25) is 11.8 Å². The van der Waals surface area contributed by atoms with Crippen molar-refractivity contribution in [2.75, 3.05) is 31.1 Å². The van der Waals surface area contributed by atoms with Crippen molar-refractivity contribution in [3.8, 4) is 5.88 Å². The Morgan fingerprint density at radius 2 is 2.00 bits per heavy atom. The van der Waals surface area contributed by atoms with Crippen LogP contribution in [-0.4, -0.2) is 35.7 Å². The van der Waals surface area contributed by atoms with Crippen molar-refractivity contribution in [1.29, 1.82) is 0 Å². The molecule has 9 heteroatoms. The maximum Gasteiger partial charge on any atom is 0.273 e. The third-order valence-corrected chi connectivity index (χ3v) is 4.99. The molecule has 2 aromatic rings. The smallest absolute Gasteiger partial charge is 0.273 e. The van der Waals surface area contributed by atoms with Crippen LogP contribution in [0.5, 0.6) is 5.88 Å². The number of rotatable bonds is 5. The summed E-state index contributed by atoms with van der Waals surface area (Å²) in [7, 11) is 0. The van der Waals surface area contributed by atoms with Crippen LogP contribution in [0.25, 0.3) is 0 Å². The third kappa shape index (κ3) is 4.30. The molecular weight excluding hydrogens is 422 g/mol. The molecule has 0 spiro atoms. The molecular formula is C18H21BrF2N4O2. The Morgan fingerprint density at radius 3 is 2.63 bits per heavy atom. The summed E-state index contributed by atoms with van der Waals surface area (Å²) in [5.41, 5.74) is -0.0787. The predicted molar refractivity (Wildman–Crippen MR) is 102 cm³/mol. The van der Waals surface area contributed by atoms with Crippen molar-refractivity contribution in [2.45, 2.75) is 26.5 Å². The summed E-state index contributed by atoms with van der Waals surface area (Å²) in [6.45, 7) is 6.68. The van der Waals surface area contributed by atoms with E-state index in [1.165, 1.54) is 6.07 Å². The fourth-order valence-electron chi connectivity index (χ4n) is 2.92. The van der Waals surface area contributed by atoms with Crippen molar-refractivity contribution in [2.24, 2.45) is 0 Å². The highest BCUT2D eigenvalue weighted by molar-refractivity contribution is 9.10. The van der Waals surface area contributed by atoms with Crippen LogP contribution in [0.4, 0.5) is 14.7 Å². The summed E-state index contributed by atoms with van der Waals surface area (Å²) in [5, 5.41) is 3.26. The Hall–Kier alpha value is -2.00. The van der Waals surface area contributed by atoms with E-state index in [4.69, 9.17) is 4.74 Å². The molecule has 3 rings (SSSR count). The molecule has 0 bridgehead atoms. The van der Waals surface area contributed by atoms with E-state index in [9.17, 15) is 13.6 Å². The minimum Gasteiger partial charge on any atom is -0.472 e. The first kappa shape index (κ1) is 19.8. The molecule has 1 N–H and O–H groups in total. The van der Waals surface area contributed by atoms with Gasteiger partial charge in [-0.15, -0.1) is 0 Å². The highest BCUT2D eigenvalue weighted by Crippen LogP contribution is 2.26. The van der Waals surface area contributed by atoms with Gasteiger partial charge < -0.3 is 15.0 Å². The second kappa shape index (κ2) is 8.35. The Kier molecular flexibility index (Phi) is 6.11. The standard InChI is InChI=1S/C18H21BrF2N4O2/c1-11(2)25-17(26)15(19)16(23-18(25)24-7-5-22-6-8-24)27-10-12-3-4-13(20)9-14(12)21/h3-4,9,11,22H,5-8,10H2,1-2H3. The number of hydrogen-bond donors (Lipinski definition) is 1. The van der Waals surface area contributed by atoms with E-state index in [0.29, 0.717) is 19.0 Å². The molecule has 1 aromatic carbocycles. The van der Waals surface area contributed by atoms with Gasteiger partial charge >= 0.3 is 0 Å². The SMILES string of the molecule is CC(C)n1c(N2CCNCC2)nc(OCc2ccc(F)cc2F)c(Br)c1=O. The van der Waals surface area contributed by atoms with Gasteiger partial charge in [-0.05, 0) is 41.9 Å². The normalized spacial score (nSPS) is 14.7. The van der Waals surface area contributed by atoms with Crippen LogP contribution in [-0.2, 0) is 6.61 Å². The Bertz CT molecular complexity index is 882. The van der Waals surface area contributed by atoms with Gasteiger partial charge in [-0.3, -0.25) is 9.36 Å². The van der Waals surface area contributed by atoms with E-state index in [2.05, 4.69) is 26.2 Å². The molecule has 0 atom stereocenters. The molecule has 1 aliphatic rings. The molecule has 0 aliphatic carbocycles. The number of ether oxygens (including phenoxy) is 1. The lowest BCUT2D eigenvalue weighted by Gasteiger charge is -2.31. The maximum atomic E-state index is 13.8. The van der Waals surface area contributed by atoms with Crippen molar-refractivity contribution < 1.29 is 13.5 Å². The summed E-state index contributed by atoms with van der Waals surface area (Å²) in [5.74, 6) is -0.747. The van der Waals surface area contributed by atoms with Crippen LogP contribution in [0, 0.1) is 11.6 Å². The van der Waals surface area contributed by atoms with Crippen LogP contribution in [0.1, 0.15) is 25.5 Å². The van der Waals surface area contributed by atoms with Gasteiger partial charge in [0, 0.05) is 43.9 Å². The van der Waals surface area contributed by atoms with Gasteiger partial charge in [-0.2, -0.15) is 4.98 Å². The Morgan fingerprint density at radius 1 is 1.30 bits per heavy atom. The molecule has 1 aromatic heterocycles. The maximum absolute atomic E-state index is 13.8. The van der Waals surface area contributed by atoms with Crippen molar-refractivity contribution in [1.82, 2.24) is 14.9 Å². The molecule has 2 heterocycles. The third-order valence-electron chi connectivity index (χ3n) is 4.31. The molecule has 1 saturated heterocycles. The topological polar surface area (TPSA) is 59.4 Å². The lowest BCUT2D eigenvalue weighted by molar-refractivity contribution is 0.282. The average molecular weight is 443 g/mol. The fourth-order valence-corrected chi connectivity index (χ4v) is 3.31. The molecule has 0 amide bonds. The highest BCUT2D eigenvalue weighted by atomic mass is 79.9. The number of hydrogen-bond acceptors (Lipinski definition) is 5. The zero-order valence-electron chi connectivity index (χ0n) is 15.1. The van der Waals surface area contributed by atoms with Gasteiger partial charge in [0.1, 0.15) is 22.7 Å². The molecule has 1 fully saturated rings. The van der Waals surface area contributed by atoms with E-state index in [0.717, 1.165) is 25.2 Å². The second-order valence-corrected chi connectivity index (χ2v) is 7.35. The van der Waals surface area contributed by atoms with Crippen LogP contribution in [0.2, 0.25) is 0 Å². The average Bonchev–Trinajstić information content (AvgIpc) is 2.64. The Labute approximate surface area is 164 Å². The van der Waals surface area contributed by atoms with Gasteiger partial charge in [0.25, 0.3) is 5.56 Å². The number of piperazine rings is 1. The summed E-state index contributed by atoms with van der Waals surface area (Å²) in [4.78, 5) is 19.4. The van der Waals surface area contributed by atoms with Crippen LogP contribution in [0.15, 0.2) is 27.5 Å². The first-order valence-electron chi connectivity index (χ1n) is 8.73.